The van der Waals surface area contributed by atoms with Gasteiger partial charge in [-0.25, -0.2) is 13.2 Å². The molecule has 0 heterocycles. The quantitative estimate of drug-likeness (QED) is 0.432. The number of benzene rings is 1. The molecule has 0 N–H and O–H groups in total. The van der Waals surface area contributed by atoms with Gasteiger partial charge in [0.25, 0.3) is 0 Å². The van der Waals surface area contributed by atoms with Crippen molar-refractivity contribution >= 4 is 22.5 Å². The van der Waals surface area contributed by atoms with E-state index in [0.717, 1.165) is 25.7 Å². The number of anilines is 1. The highest BCUT2D eigenvalue weighted by atomic mass is 32.2. The molecule has 0 aromatic heterocycles. The van der Waals surface area contributed by atoms with Gasteiger partial charge >= 0.3 is 5.97 Å². The zero-order chi connectivity index (χ0) is 15.7. The molecule has 0 aliphatic rings. The fourth-order valence-electron chi connectivity index (χ4n) is 1.86. The average molecular weight is 313 g/mol. The Morgan fingerprint density at radius 2 is 1.81 bits per heavy atom. The zero-order valence-electron chi connectivity index (χ0n) is 12.6. The summed E-state index contributed by atoms with van der Waals surface area (Å²) in [5.41, 5.74) is 0.687. The van der Waals surface area contributed by atoms with Gasteiger partial charge in [-0.05, 0) is 25.0 Å². The maximum absolute atomic E-state index is 12.1. The number of esters is 1. The highest BCUT2D eigenvalue weighted by Crippen LogP contribution is 2.22. The number of nitrogens with zero attached hydrogens (tertiary/aromatic N) is 1. The van der Waals surface area contributed by atoms with Gasteiger partial charge in [0, 0.05) is 6.54 Å². The average Bonchev–Trinajstić information content (AvgIpc) is 2.48. The molecule has 21 heavy (non-hydrogen) atoms. The molecule has 6 heteroatoms. The molecule has 1 aromatic carbocycles. The SMILES string of the molecule is CCCCOC(=O)c1ccccc1N(CCCC)[SH](=O)=O. The number of carbonyl (C=O) groups excluding carboxylic acids is 1. The van der Waals surface area contributed by atoms with Gasteiger partial charge in [-0.15, -0.1) is 0 Å². The maximum atomic E-state index is 12.1. The van der Waals surface area contributed by atoms with Crippen LogP contribution >= 0.6 is 0 Å². The van der Waals surface area contributed by atoms with Crippen molar-refractivity contribution in [3.05, 3.63) is 29.8 Å². The van der Waals surface area contributed by atoms with Crippen LogP contribution in [-0.2, 0) is 15.6 Å². The highest BCUT2D eigenvalue weighted by Gasteiger charge is 2.18. The van der Waals surface area contributed by atoms with Gasteiger partial charge < -0.3 is 4.74 Å². The molecule has 0 aliphatic heterocycles. The lowest BCUT2D eigenvalue weighted by Gasteiger charge is -2.20. The molecular weight excluding hydrogens is 290 g/mol. The van der Waals surface area contributed by atoms with Gasteiger partial charge in [-0.3, -0.25) is 4.31 Å². The van der Waals surface area contributed by atoms with Gasteiger partial charge in [-0.1, -0.05) is 38.8 Å². The Hall–Kier alpha value is -1.56. The van der Waals surface area contributed by atoms with Gasteiger partial charge in [0.2, 0.25) is 10.9 Å². The largest absolute Gasteiger partial charge is 0.462 e. The first-order valence-electron chi connectivity index (χ1n) is 7.29. The first kappa shape index (κ1) is 17.5. The standard InChI is InChI=1S/C15H23NO4S/c1-3-5-11-16(21(18)19)14-10-8-7-9-13(14)15(17)20-12-6-4-2/h7-10,21H,3-6,11-12H2,1-2H3. The second-order valence-electron chi connectivity index (χ2n) is 4.72. The molecule has 0 unspecified atom stereocenters. The van der Waals surface area contributed by atoms with E-state index in [0.29, 0.717) is 24.4 Å². The Morgan fingerprint density at radius 1 is 1.14 bits per heavy atom. The molecule has 1 aromatic rings. The van der Waals surface area contributed by atoms with E-state index in [1.807, 2.05) is 13.8 Å². The summed E-state index contributed by atoms with van der Waals surface area (Å²) in [7, 11) is -2.78. The van der Waals surface area contributed by atoms with Crippen molar-refractivity contribution in [1.82, 2.24) is 0 Å². The number of para-hydroxylation sites is 1. The van der Waals surface area contributed by atoms with Crippen LogP contribution in [0.5, 0.6) is 0 Å². The molecule has 0 spiro atoms. The molecule has 0 amide bonds. The van der Waals surface area contributed by atoms with E-state index in [1.165, 1.54) is 4.31 Å². The molecule has 1 rings (SSSR count). The van der Waals surface area contributed by atoms with Crippen LogP contribution in [0.2, 0.25) is 0 Å². The third kappa shape index (κ3) is 5.38. The lowest BCUT2D eigenvalue weighted by atomic mass is 10.1. The Bertz CT molecular complexity index is 520. The molecule has 0 bridgehead atoms. The summed E-state index contributed by atoms with van der Waals surface area (Å²) in [6.45, 7) is 4.72. The highest BCUT2D eigenvalue weighted by molar-refractivity contribution is 7.74. The van der Waals surface area contributed by atoms with Gasteiger partial charge in [0.1, 0.15) is 0 Å². The summed E-state index contributed by atoms with van der Waals surface area (Å²) in [5.74, 6) is -0.475. The van der Waals surface area contributed by atoms with Crippen molar-refractivity contribution in [1.29, 1.82) is 0 Å². The normalized spacial score (nSPS) is 10.6. The van der Waals surface area contributed by atoms with Crippen molar-refractivity contribution in [2.45, 2.75) is 39.5 Å². The van der Waals surface area contributed by atoms with Gasteiger partial charge in [-0.2, -0.15) is 0 Å². The van der Waals surface area contributed by atoms with Crippen molar-refractivity contribution in [3.63, 3.8) is 0 Å². The number of carbonyl (C=O) groups is 1. The molecule has 0 atom stereocenters. The first-order valence-corrected chi connectivity index (χ1v) is 8.42. The van der Waals surface area contributed by atoms with Crippen LogP contribution in [0.25, 0.3) is 0 Å². The van der Waals surface area contributed by atoms with E-state index in [1.54, 1.807) is 24.3 Å². The van der Waals surface area contributed by atoms with Crippen LogP contribution in [0.15, 0.2) is 24.3 Å². The van der Waals surface area contributed by atoms with E-state index in [2.05, 4.69) is 0 Å². The minimum absolute atomic E-state index is 0.295. The fraction of sp³-hybridized carbons (Fsp3) is 0.533. The fourth-order valence-corrected chi connectivity index (χ4v) is 2.51. The van der Waals surface area contributed by atoms with Crippen molar-refractivity contribution in [2.75, 3.05) is 17.5 Å². The monoisotopic (exact) mass is 313 g/mol. The van der Waals surface area contributed by atoms with Crippen LogP contribution in [0.4, 0.5) is 5.69 Å². The number of rotatable bonds is 9. The summed E-state index contributed by atoms with van der Waals surface area (Å²) >= 11 is 0. The number of hydrogen-bond donors (Lipinski definition) is 1. The summed E-state index contributed by atoms with van der Waals surface area (Å²) in [5, 5.41) is 0. The topological polar surface area (TPSA) is 63.7 Å². The van der Waals surface area contributed by atoms with Crippen LogP contribution in [0.1, 0.15) is 49.9 Å². The lowest BCUT2D eigenvalue weighted by Crippen LogP contribution is -2.25. The Balaban J connectivity index is 2.97. The van der Waals surface area contributed by atoms with Gasteiger partial charge in [0.05, 0.1) is 17.9 Å². The van der Waals surface area contributed by atoms with Crippen molar-refractivity contribution in [2.24, 2.45) is 0 Å². The smallest absolute Gasteiger partial charge is 0.340 e. The van der Waals surface area contributed by atoms with Crippen molar-refractivity contribution in [3.8, 4) is 0 Å². The summed E-state index contributed by atoms with van der Waals surface area (Å²) in [6, 6.07) is 6.66. The summed E-state index contributed by atoms with van der Waals surface area (Å²) in [6.07, 6.45) is 3.35. The number of thiol groups is 1. The minimum Gasteiger partial charge on any atom is -0.462 e. The molecular formula is C15H23NO4S. The Morgan fingerprint density at radius 3 is 2.43 bits per heavy atom. The minimum atomic E-state index is -2.78. The molecule has 0 saturated heterocycles. The molecule has 0 saturated carbocycles. The number of hydrogen-bond acceptors (Lipinski definition) is 4. The Labute approximate surface area is 128 Å². The zero-order valence-corrected chi connectivity index (χ0v) is 13.5. The maximum Gasteiger partial charge on any atom is 0.340 e. The van der Waals surface area contributed by atoms with Crippen LogP contribution < -0.4 is 4.31 Å². The van der Waals surface area contributed by atoms with E-state index < -0.39 is 16.9 Å². The second-order valence-corrected chi connectivity index (χ2v) is 5.68. The third-order valence-electron chi connectivity index (χ3n) is 3.05. The molecule has 0 radical (unpaired) electrons. The number of ether oxygens (including phenoxy) is 1. The van der Waals surface area contributed by atoms with Crippen molar-refractivity contribution < 1.29 is 17.9 Å². The predicted molar refractivity (Wildman–Crippen MR) is 84.2 cm³/mol. The molecule has 0 aliphatic carbocycles. The van der Waals surface area contributed by atoms with E-state index in [-0.39, 0.29) is 0 Å². The summed E-state index contributed by atoms with van der Waals surface area (Å²) in [4.78, 5) is 12.1. The van der Waals surface area contributed by atoms with E-state index in [9.17, 15) is 13.2 Å². The third-order valence-corrected chi connectivity index (χ3v) is 3.86. The summed E-state index contributed by atoms with van der Waals surface area (Å²) < 4.78 is 29.3. The first-order chi connectivity index (χ1) is 10.1. The van der Waals surface area contributed by atoms with Crippen LogP contribution in [0.3, 0.4) is 0 Å². The molecule has 5 nitrogen and oxygen atoms in total. The molecule has 0 fully saturated rings. The lowest BCUT2D eigenvalue weighted by molar-refractivity contribution is 0.0500. The second kappa shape index (κ2) is 9.39. The van der Waals surface area contributed by atoms with Crippen LogP contribution in [0, 0.1) is 0 Å². The van der Waals surface area contributed by atoms with E-state index in [4.69, 9.17) is 4.74 Å². The van der Waals surface area contributed by atoms with E-state index >= 15 is 0 Å². The number of unbranched alkanes of at least 4 members (excludes halogenated alkanes) is 2. The van der Waals surface area contributed by atoms with Crippen LogP contribution in [-0.4, -0.2) is 27.5 Å². The Kier molecular flexibility index (Phi) is 7.82. The molecule has 118 valence electrons. The predicted octanol–water partition coefficient (Wildman–Crippen LogP) is 2.78. The van der Waals surface area contributed by atoms with Gasteiger partial charge in [0.15, 0.2) is 0 Å².